The molecule has 5 aliphatic rings. The summed E-state index contributed by atoms with van der Waals surface area (Å²) in [6.07, 6.45) is 6.19. The van der Waals surface area contributed by atoms with Gasteiger partial charge in [0, 0.05) is 35.4 Å². The number of hydrogen-bond acceptors (Lipinski definition) is 4. The van der Waals surface area contributed by atoms with Crippen LogP contribution < -0.4 is 5.32 Å². The molecule has 5 aliphatic carbocycles. The van der Waals surface area contributed by atoms with Crippen molar-refractivity contribution in [2.24, 2.45) is 44.8 Å². The fraction of sp³-hybridized carbons (Fsp3) is 0.758. The van der Waals surface area contributed by atoms with Crippen LogP contribution >= 0.6 is 0 Å². The lowest BCUT2D eigenvalue weighted by Crippen LogP contribution is -2.62. The number of ketones is 1. The van der Waals surface area contributed by atoms with Gasteiger partial charge in [0.2, 0.25) is 0 Å². The molecule has 5 nitrogen and oxygen atoms in total. The molecule has 1 amide bonds. The molecule has 2 N–H and O–H groups in total. The summed E-state index contributed by atoms with van der Waals surface area (Å²) in [5.41, 5.74) is 0.251. The number of rotatable bonds is 4. The summed E-state index contributed by atoms with van der Waals surface area (Å²) in [5.74, 6) is 1.38. The summed E-state index contributed by atoms with van der Waals surface area (Å²) < 4.78 is 0. The predicted octanol–water partition coefficient (Wildman–Crippen LogP) is 5.32. The summed E-state index contributed by atoms with van der Waals surface area (Å²) in [6, 6.07) is 9.87. The van der Waals surface area contributed by atoms with Crippen LogP contribution in [0.1, 0.15) is 89.9 Å². The first-order chi connectivity index (χ1) is 17.8. The maximum Gasteiger partial charge on any atom is 0.251 e. The Morgan fingerprint density at radius 2 is 1.68 bits per heavy atom. The Morgan fingerprint density at radius 3 is 2.34 bits per heavy atom. The molecule has 2 spiro atoms. The molecule has 0 aromatic heterocycles. The minimum atomic E-state index is -0.363. The molecule has 38 heavy (non-hydrogen) atoms. The normalized spacial score (nSPS) is 47.4. The molecule has 5 fully saturated rings. The quantitative estimate of drug-likeness (QED) is 0.564. The second kappa shape index (κ2) is 8.16. The number of aliphatic hydroxyl groups excluding tert-OH is 1. The zero-order valence-corrected chi connectivity index (χ0v) is 24.5. The van der Waals surface area contributed by atoms with E-state index >= 15 is 0 Å². The van der Waals surface area contributed by atoms with Crippen molar-refractivity contribution in [2.75, 3.05) is 14.1 Å². The monoisotopic (exact) mass is 520 g/mol. The van der Waals surface area contributed by atoms with Crippen molar-refractivity contribution >= 4 is 11.7 Å². The Morgan fingerprint density at radius 1 is 1.03 bits per heavy atom. The first-order valence-electron chi connectivity index (χ1n) is 15.0. The largest absolute Gasteiger partial charge is 0.393 e. The topological polar surface area (TPSA) is 69.6 Å². The van der Waals surface area contributed by atoms with E-state index in [4.69, 9.17) is 0 Å². The summed E-state index contributed by atoms with van der Waals surface area (Å²) in [7, 11) is 4.20. The molecule has 10 atom stereocenters. The van der Waals surface area contributed by atoms with E-state index < -0.39 is 0 Å². The predicted molar refractivity (Wildman–Crippen MR) is 150 cm³/mol. The molecule has 6 rings (SSSR count). The van der Waals surface area contributed by atoms with Crippen molar-refractivity contribution in [1.29, 1.82) is 0 Å². The van der Waals surface area contributed by atoms with Crippen LogP contribution in [0.5, 0.6) is 0 Å². The van der Waals surface area contributed by atoms with E-state index in [1.807, 2.05) is 30.3 Å². The van der Waals surface area contributed by atoms with E-state index in [0.717, 1.165) is 38.5 Å². The van der Waals surface area contributed by atoms with Crippen molar-refractivity contribution in [1.82, 2.24) is 10.2 Å². The van der Waals surface area contributed by atoms with E-state index in [1.54, 1.807) is 0 Å². The van der Waals surface area contributed by atoms with Gasteiger partial charge < -0.3 is 15.3 Å². The Hall–Kier alpha value is -1.72. The third-order valence-electron chi connectivity index (χ3n) is 13.6. The average Bonchev–Trinajstić information content (AvgIpc) is 3.50. The van der Waals surface area contributed by atoms with Crippen LogP contribution in [0.3, 0.4) is 0 Å². The maximum absolute atomic E-state index is 14.5. The highest BCUT2D eigenvalue weighted by Crippen LogP contribution is 2.87. The number of Topliss-reactive ketones (excluding diaryl/α,β-unsaturated/α-hetero) is 1. The Labute approximate surface area is 229 Å². The average molecular weight is 521 g/mol. The lowest BCUT2D eigenvalue weighted by Gasteiger charge is -2.62. The SMILES string of the molecule is C[C@H]([C@@H]1[C@H](O)C[C@@]2(C)[C@@H]3CC[C@H]4C(C)(C)[C@@H](NC(=O)c5ccccc5)CC[C@]45C[C@]35C(=O)C[C@@]12C)N(C)C. The van der Waals surface area contributed by atoms with Crippen LogP contribution in [0, 0.1) is 44.8 Å². The molecule has 0 aliphatic heterocycles. The summed E-state index contributed by atoms with van der Waals surface area (Å²) in [5, 5.41) is 14.9. The summed E-state index contributed by atoms with van der Waals surface area (Å²) in [4.78, 5) is 29.8. The Bertz CT molecular complexity index is 1150. The third-order valence-corrected chi connectivity index (χ3v) is 13.6. The van der Waals surface area contributed by atoms with Crippen molar-refractivity contribution in [3.05, 3.63) is 35.9 Å². The number of aliphatic hydroxyl groups is 1. The minimum Gasteiger partial charge on any atom is -0.393 e. The number of carbonyl (C=O) groups is 2. The number of hydrogen-bond donors (Lipinski definition) is 2. The van der Waals surface area contributed by atoms with Crippen LogP contribution in [-0.4, -0.2) is 54.0 Å². The second-order valence-corrected chi connectivity index (χ2v) is 15.2. The van der Waals surface area contributed by atoms with Crippen molar-refractivity contribution < 1.29 is 14.7 Å². The first-order valence-corrected chi connectivity index (χ1v) is 15.0. The standard InChI is InChI=1S/C33H48N2O3/c1-20(35(6)7)27-22(36)17-30(4)24-14-13-23-29(2,3)25(34-28(38)21-11-9-8-10-12-21)15-16-32(23)19-33(24,32)26(37)18-31(27,30)5/h8-12,20,22-25,27,36H,13-19H2,1-7H3,(H,34,38)/t20-,22-,23+,24+,25+,27-,30+,31+,32+,33-/m1/s1. The lowest BCUT2D eigenvalue weighted by atomic mass is 9.41. The van der Waals surface area contributed by atoms with E-state index in [9.17, 15) is 14.7 Å². The highest BCUT2D eigenvalue weighted by Gasteiger charge is 2.86. The van der Waals surface area contributed by atoms with E-state index in [0.29, 0.717) is 29.6 Å². The van der Waals surface area contributed by atoms with Crippen LogP contribution in [0.2, 0.25) is 0 Å². The number of fused-ring (bicyclic) bond motifs is 2. The molecule has 1 aromatic carbocycles. The fourth-order valence-corrected chi connectivity index (χ4v) is 11.4. The lowest BCUT2D eigenvalue weighted by molar-refractivity contribution is -0.169. The maximum atomic E-state index is 14.5. The third kappa shape index (κ3) is 3.07. The molecule has 5 heteroatoms. The zero-order chi connectivity index (χ0) is 27.5. The van der Waals surface area contributed by atoms with Crippen LogP contribution in [0.15, 0.2) is 30.3 Å². The van der Waals surface area contributed by atoms with Crippen LogP contribution in [0.4, 0.5) is 0 Å². The van der Waals surface area contributed by atoms with E-state index in [2.05, 4.69) is 58.9 Å². The van der Waals surface area contributed by atoms with Gasteiger partial charge in [-0.1, -0.05) is 45.9 Å². The highest BCUT2D eigenvalue weighted by atomic mass is 16.3. The fourth-order valence-electron chi connectivity index (χ4n) is 11.4. The Balaban J connectivity index is 1.31. The van der Waals surface area contributed by atoms with Gasteiger partial charge in [-0.2, -0.15) is 0 Å². The van der Waals surface area contributed by atoms with Crippen molar-refractivity contribution in [3.8, 4) is 0 Å². The van der Waals surface area contributed by atoms with Gasteiger partial charge in [0.05, 0.1) is 6.10 Å². The van der Waals surface area contributed by atoms with Gasteiger partial charge in [0.1, 0.15) is 5.78 Å². The van der Waals surface area contributed by atoms with Gasteiger partial charge in [-0.25, -0.2) is 0 Å². The molecule has 0 heterocycles. The molecule has 0 saturated heterocycles. The highest BCUT2D eigenvalue weighted by molar-refractivity contribution is 5.94. The van der Waals surface area contributed by atoms with E-state index in [-0.39, 0.29) is 57.1 Å². The molecule has 1 aromatic rings. The zero-order valence-electron chi connectivity index (χ0n) is 24.5. The van der Waals surface area contributed by atoms with Gasteiger partial charge in [-0.15, -0.1) is 0 Å². The molecule has 0 radical (unpaired) electrons. The number of nitrogens with one attached hydrogen (secondary N) is 1. The molecule has 0 unspecified atom stereocenters. The van der Waals surface area contributed by atoms with Gasteiger partial charge >= 0.3 is 0 Å². The van der Waals surface area contributed by atoms with Crippen LogP contribution in [-0.2, 0) is 4.79 Å². The minimum absolute atomic E-state index is 0.0110. The Kier molecular flexibility index (Phi) is 5.69. The van der Waals surface area contributed by atoms with E-state index in [1.165, 1.54) is 0 Å². The second-order valence-electron chi connectivity index (χ2n) is 15.2. The summed E-state index contributed by atoms with van der Waals surface area (Å²) >= 11 is 0. The van der Waals surface area contributed by atoms with Gasteiger partial charge in [-0.3, -0.25) is 9.59 Å². The van der Waals surface area contributed by atoms with Crippen LogP contribution in [0.25, 0.3) is 0 Å². The molecular formula is C33H48N2O3. The molecule has 208 valence electrons. The first kappa shape index (κ1) is 26.5. The number of benzene rings is 1. The van der Waals surface area contributed by atoms with Gasteiger partial charge in [-0.05, 0) is 105 Å². The molecule has 5 saturated carbocycles. The number of amides is 1. The molecule has 0 bridgehead atoms. The van der Waals surface area contributed by atoms with Crippen molar-refractivity contribution in [2.45, 2.75) is 97.8 Å². The molecular weight excluding hydrogens is 472 g/mol. The smallest absolute Gasteiger partial charge is 0.251 e. The number of nitrogens with zero attached hydrogens (tertiary/aromatic N) is 1. The van der Waals surface area contributed by atoms with Gasteiger partial charge in [0.15, 0.2) is 0 Å². The summed E-state index contributed by atoms with van der Waals surface area (Å²) in [6.45, 7) is 11.7. The number of carbonyl (C=O) groups excluding carboxylic acids is 2. The van der Waals surface area contributed by atoms with Gasteiger partial charge in [0.25, 0.3) is 5.91 Å². The van der Waals surface area contributed by atoms with Crippen molar-refractivity contribution in [3.63, 3.8) is 0 Å².